The largest absolute Gasteiger partial charge is 0.465 e. The number of esters is 1. The first-order chi connectivity index (χ1) is 9.55. The number of carbonyl (C=O) groups excluding carboxylic acids is 1. The van der Waals surface area contributed by atoms with E-state index in [4.69, 9.17) is 9.47 Å². The molecule has 0 radical (unpaired) electrons. The summed E-state index contributed by atoms with van der Waals surface area (Å²) in [5.41, 5.74) is 0. The molecule has 0 fully saturated rings. The van der Waals surface area contributed by atoms with Gasteiger partial charge in [0.15, 0.2) is 0 Å². The Morgan fingerprint density at radius 3 is 2.35 bits per heavy atom. The van der Waals surface area contributed by atoms with E-state index in [9.17, 15) is 4.79 Å². The molecule has 0 aliphatic heterocycles. The van der Waals surface area contributed by atoms with Crippen molar-refractivity contribution >= 4 is 17.9 Å². The molecule has 20 heavy (non-hydrogen) atoms. The lowest BCUT2D eigenvalue weighted by Crippen LogP contribution is -2.19. The molecule has 0 spiro atoms. The van der Waals surface area contributed by atoms with Gasteiger partial charge in [-0.3, -0.25) is 4.79 Å². The maximum absolute atomic E-state index is 11.3. The van der Waals surface area contributed by atoms with Crippen LogP contribution in [0.3, 0.4) is 0 Å². The molecule has 8 nitrogen and oxygen atoms in total. The van der Waals surface area contributed by atoms with Crippen LogP contribution in [0.15, 0.2) is 0 Å². The minimum absolute atomic E-state index is 0.00939. The summed E-state index contributed by atoms with van der Waals surface area (Å²) in [6.07, 6.45) is -0.0511. The number of nitrogens with one attached hydrogen (secondary N) is 2. The zero-order chi connectivity index (χ0) is 15.0. The second kappa shape index (κ2) is 8.13. The number of rotatable bonds is 8. The summed E-state index contributed by atoms with van der Waals surface area (Å²) in [4.78, 5) is 23.6. The van der Waals surface area contributed by atoms with Crippen molar-refractivity contribution in [1.29, 1.82) is 0 Å². The predicted octanol–water partition coefficient (Wildman–Crippen LogP) is 1.07. The van der Waals surface area contributed by atoms with Crippen LogP contribution >= 0.6 is 0 Å². The maximum Gasteiger partial charge on any atom is 0.325 e. The number of hydrogen-bond acceptors (Lipinski definition) is 8. The van der Waals surface area contributed by atoms with E-state index in [0.717, 1.165) is 0 Å². The van der Waals surface area contributed by atoms with Crippen LogP contribution in [0, 0.1) is 0 Å². The van der Waals surface area contributed by atoms with Crippen LogP contribution in [0.1, 0.15) is 27.7 Å². The second-order valence-electron chi connectivity index (χ2n) is 4.12. The van der Waals surface area contributed by atoms with E-state index in [1.54, 1.807) is 6.92 Å². The average molecular weight is 283 g/mol. The van der Waals surface area contributed by atoms with Crippen molar-refractivity contribution in [1.82, 2.24) is 15.0 Å². The fourth-order valence-corrected chi connectivity index (χ4v) is 1.30. The highest BCUT2D eigenvalue weighted by molar-refractivity contribution is 5.74. The SMILES string of the molecule is CCNc1nc(NCC(=O)OCC)nc(OC(C)C)n1. The standard InChI is InChI=1S/C12H21N5O3/c1-5-13-10-15-11(14-7-9(18)19-6-2)17-12(16-10)20-8(3)4/h8H,5-7H2,1-4H3,(H2,13,14,15,16,17). The summed E-state index contributed by atoms with van der Waals surface area (Å²) >= 11 is 0. The molecule has 1 aromatic heterocycles. The zero-order valence-corrected chi connectivity index (χ0v) is 12.3. The van der Waals surface area contributed by atoms with E-state index in [-0.39, 0.29) is 30.6 Å². The van der Waals surface area contributed by atoms with Gasteiger partial charge in [0, 0.05) is 6.54 Å². The smallest absolute Gasteiger partial charge is 0.325 e. The van der Waals surface area contributed by atoms with Gasteiger partial charge < -0.3 is 20.1 Å². The number of carbonyl (C=O) groups is 1. The fourth-order valence-electron chi connectivity index (χ4n) is 1.30. The third kappa shape index (κ3) is 5.68. The third-order valence-electron chi connectivity index (χ3n) is 1.99. The molecule has 0 aromatic carbocycles. The number of hydrogen-bond donors (Lipinski definition) is 2. The minimum Gasteiger partial charge on any atom is -0.465 e. The Bertz CT molecular complexity index is 439. The van der Waals surface area contributed by atoms with Gasteiger partial charge in [-0.05, 0) is 27.7 Å². The monoisotopic (exact) mass is 283 g/mol. The Hall–Kier alpha value is -2.12. The summed E-state index contributed by atoms with van der Waals surface area (Å²) in [5.74, 6) is 0.286. The molecule has 1 rings (SSSR count). The molecule has 8 heteroatoms. The van der Waals surface area contributed by atoms with Crippen LogP contribution in [0.2, 0.25) is 0 Å². The number of nitrogens with zero attached hydrogens (tertiary/aromatic N) is 3. The highest BCUT2D eigenvalue weighted by Crippen LogP contribution is 2.12. The molecule has 0 atom stereocenters. The van der Waals surface area contributed by atoms with Crippen LogP contribution in [-0.2, 0) is 9.53 Å². The summed E-state index contributed by atoms with van der Waals surface area (Å²) in [7, 11) is 0. The van der Waals surface area contributed by atoms with Crippen molar-refractivity contribution in [3.8, 4) is 6.01 Å². The van der Waals surface area contributed by atoms with Gasteiger partial charge in [0.1, 0.15) is 6.54 Å². The highest BCUT2D eigenvalue weighted by atomic mass is 16.5. The lowest BCUT2D eigenvalue weighted by Gasteiger charge is -2.11. The van der Waals surface area contributed by atoms with Crippen LogP contribution in [0.25, 0.3) is 0 Å². The molecule has 0 aliphatic rings. The maximum atomic E-state index is 11.3. The minimum atomic E-state index is -0.371. The average Bonchev–Trinajstić information content (AvgIpc) is 2.36. The molecule has 1 heterocycles. The van der Waals surface area contributed by atoms with Gasteiger partial charge in [-0.2, -0.15) is 15.0 Å². The van der Waals surface area contributed by atoms with Crippen molar-refractivity contribution < 1.29 is 14.3 Å². The van der Waals surface area contributed by atoms with Crippen molar-refractivity contribution in [2.75, 3.05) is 30.3 Å². The van der Waals surface area contributed by atoms with Crippen molar-refractivity contribution in [3.63, 3.8) is 0 Å². The summed E-state index contributed by atoms with van der Waals surface area (Å²) in [5, 5.41) is 5.76. The van der Waals surface area contributed by atoms with Crippen molar-refractivity contribution in [2.45, 2.75) is 33.8 Å². The molecule has 112 valence electrons. The Morgan fingerprint density at radius 1 is 1.15 bits per heavy atom. The molecule has 0 unspecified atom stereocenters. The third-order valence-corrected chi connectivity index (χ3v) is 1.99. The quantitative estimate of drug-likeness (QED) is 0.683. The molecule has 0 amide bonds. The lowest BCUT2D eigenvalue weighted by molar-refractivity contribution is -0.140. The van der Waals surface area contributed by atoms with E-state index in [1.807, 2.05) is 20.8 Å². The number of aromatic nitrogens is 3. The van der Waals surface area contributed by atoms with E-state index in [0.29, 0.717) is 19.1 Å². The van der Waals surface area contributed by atoms with Gasteiger partial charge in [-0.25, -0.2) is 0 Å². The van der Waals surface area contributed by atoms with E-state index >= 15 is 0 Å². The van der Waals surface area contributed by atoms with Gasteiger partial charge in [0.25, 0.3) is 0 Å². The predicted molar refractivity (Wildman–Crippen MR) is 74.9 cm³/mol. The fraction of sp³-hybridized carbons (Fsp3) is 0.667. The van der Waals surface area contributed by atoms with E-state index in [1.165, 1.54) is 0 Å². The van der Waals surface area contributed by atoms with Crippen molar-refractivity contribution in [2.24, 2.45) is 0 Å². The molecule has 0 saturated carbocycles. The Morgan fingerprint density at radius 2 is 1.80 bits per heavy atom. The van der Waals surface area contributed by atoms with Crippen LogP contribution < -0.4 is 15.4 Å². The zero-order valence-electron chi connectivity index (χ0n) is 12.3. The first-order valence-electron chi connectivity index (χ1n) is 6.61. The molecular formula is C12H21N5O3. The van der Waals surface area contributed by atoms with Gasteiger partial charge in [-0.1, -0.05) is 0 Å². The van der Waals surface area contributed by atoms with E-state index < -0.39 is 0 Å². The Kier molecular flexibility index (Phi) is 6.48. The first-order valence-corrected chi connectivity index (χ1v) is 6.61. The Labute approximate surface area is 118 Å². The second-order valence-corrected chi connectivity index (χ2v) is 4.12. The van der Waals surface area contributed by atoms with Crippen molar-refractivity contribution in [3.05, 3.63) is 0 Å². The van der Waals surface area contributed by atoms with Gasteiger partial charge in [0.05, 0.1) is 12.7 Å². The van der Waals surface area contributed by atoms with Gasteiger partial charge in [-0.15, -0.1) is 0 Å². The highest BCUT2D eigenvalue weighted by Gasteiger charge is 2.10. The van der Waals surface area contributed by atoms with Gasteiger partial charge in [0.2, 0.25) is 11.9 Å². The first kappa shape index (κ1) is 15.9. The molecule has 0 aliphatic carbocycles. The molecule has 2 N–H and O–H groups in total. The molecular weight excluding hydrogens is 262 g/mol. The van der Waals surface area contributed by atoms with E-state index in [2.05, 4.69) is 25.6 Å². The number of anilines is 2. The normalized spacial score (nSPS) is 10.2. The van der Waals surface area contributed by atoms with Crippen LogP contribution in [0.4, 0.5) is 11.9 Å². The summed E-state index contributed by atoms with van der Waals surface area (Å²) in [6, 6.07) is 0.206. The lowest BCUT2D eigenvalue weighted by atomic mass is 10.5. The van der Waals surface area contributed by atoms with Crippen LogP contribution in [-0.4, -0.2) is 46.7 Å². The van der Waals surface area contributed by atoms with Gasteiger partial charge >= 0.3 is 12.0 Å². The molecule has 0 saturated heterocycles. The topological polar surface area (TPSA) is 98.3 Å². The summed E-state index contributed by atoms with van der Waals surface area (Å²) < 4.78 is 10.3. The Balaban J connectivity index is 2.77. The molecule has 0 bridgehead atoms. The van der Waals surface area contributed by atoms with Crippen LogP contribution in [0.5, 0.6) is 6.01 Å². The number of ether oxygens (including phenoxy) is 2. The molecule has 1 aromatic rings. The summed E-state index contributed by atoms with van der Waals surface area (Å²) in [6.45, 7) is 8.43.